The van der Waals surface area contributed by atoms with E-state index in [2.05, 4.69) is 42.3 Å². The third-order valence-corrected chi connectivity index (χ3v) is 4.13. The average molecular weight is 270 g/mol. The second-order valence-electron chi connectivity index (χ2n) is 5.56. The summed E-state index contributed by atoms with van der Waals surface area (Å²) in [6.45, 7) is 4.95. The SMILES string of the molecule is CCc1cnc(CNC(C)c2ccc3c(c2)CCC3)o1. The Bertz CT molecular complexity index is 588. The lowest BCUT2D eigenvalue weighted by molar-refractivity contribution is 0.424. The Hall–Kier alpha value is -1.61. The van der Waals surface area contributed by atoms with Gasteiger partial charge in [-0.05, 0) is 42.9 Å². The van der Waals surface area contributed by atoms with Crippen molar-refractivity contribution < 1.29 is 4.42 Å². The van der Waals surface area contributed by atoms with Crippen LogP contribution in [0.15, 0.2) is 28.8 Å². The van der Waals surface area contributed by atoms with E-state index in [1.165, 1.54) is 36.0 Å². The largest absolute Gasteiger partial charge is 0.444 e. The van der Waals surface area contributed by atoms with Gasteiger partial charge in [0, 0.05) is 12.5 Å². The Morgan fingerprint density at radius 1 is 1.30 bits per heavy atom. The average Bonchev–Trinajstić information content (AvgIpc) is 3.12. The number of benzene rings is 1. The van der Waals surface area contributed by atoms with Crippen molar-refractivity contribution in [2.45, 2.75) is 52.1 Å². The Morgan fingerprint density at radius 3 is 2.95 bits per heavy atom. The first-order chi connectivity index (χ1) is 9.76. The summed E-state index contributed by atoms with van der Waals surface area (Å²) < 4.78 is 5.62. The molecule has 1 aromatic carbocycles. The highest BCUT2D eigenvalue weighted by molar-refractivity contribution is 5.36. The Labute approximate surface area is 120 Å². The van der Waals surface area contributed by atoms with E-state index in [0.717, 1.165) is 18.1 Å². The van der Waals surface area contributed by atoms with E-state index < -0.39 is 0 Å². The van der Waals surface area contributed by atoms with Crippen molar-refractivity contribution in [2.75, 3.05) is 0 Å². The van der Waals surface area contributed by atoms with Crippen LogP contribution in [0.5, 0.6) is 0 Å². The first-order valence-corrected chi connectivity index (χ1v) is 7.55. The molecule has 0 spiro atoms. The molecule has 0 saturated heterocycles. The zero-order valence-electron chi connectivity index (χ0n) is 12.3. The standard InChI is InChI=1S/C17H22N2O/c1-3-16-10-19-17(20-16)11-18-12(2)14-8-7-13-5-4-6-15(13)9-14/h7-10,12,18H,3-6,11H2,1-2H3. The van der Waals surface area contributed by atoms with E-state index in [0.29, 0.717) is 12.6 Å². The van der Waals surface area contributed by atoms with E-state index in [-0.39, 0.29) is 0 Å². The van der Waals surface area contributed by atoms with Crippen molar-refractivity contribution >= 4 is 0 Å². The van der Waals surface area contributed by atoms with Crippen LogP contribution in [0.3, 0.4) is 0 Å². The summed E-state index contributed by atoms with van der Waals surface area (Å²) in [5, 5.41) is 3.49. The molecule has 0 aliphatic heterocycles. The molecule has 1 aliphatic carbocycles. The molecule has 0 bridgehead atoms. The predicted octanol–water partition coefficient (Wildman–Crippen LogP) is 3.58. The van der Waals surface area contributed by atoms with Gasteiger partial charge in [-0.25, -0.2) is 4.98 Å². The molecule has 1 aliphatic rings. The molecule has 3 heteroatoms. The van der Waals surface area contributed by atoms with Gasteiger partial charge in [0.15, 0.2) is 0 Å². The maximum absolute atomic E-state index is 5.62. The first kappa shape index (κ1) is 13.4. The minimum Gasteiger partial charge on any atom is -0.444 e. The predicted molar refractivity (Wildman–Crippen MR) is 79.6 cm³/mol. The molecular formula is C17H22N2O. The van der Waals surface area contributed by atoms with Crippen LogP contribution in [0.2, 0.25) is 0 Å². The number of fused-ring (bicyclic) bond motifs is 1. The van der Waals surface area contributed by atoms with Crippen LogP contribution in [0, 0.1) is 0 Å². The monoisotopic (exact) mass is 270 g/mol. The molecule has 1 N–H and O–H groups in total. The molecule has 106 valence electrons. The van der Waals surface area contributed by atoms with Crippen molar-refractivity contribution in [3.8, 4) is 0 Å². The molecule has 3 rings (SSSR count). The second kappa shape index (κ2) is 5.80. The number of nitrogens with one attached hydrogen (secondary N) is 1. The van der Waals surface area contributed by atoms with Crippen LogP contribution in [-0.2, 0) is 25.8 Å². The summed E-state index contributed by atoms with van der Waals surface area (Å²) in [5.41, 5.74) is 4.41. The molecule has 1 unspecified atom stereocenters. The molecule has 2 aromatic rings. The third-order valence-electron chi connectivity index (χ3n) is 4.13. The van der Waals surface area contributed by atoms with Gasteiger partial charge in [0.25, 0.3) is 0 Å². The lowest BCUT2D eigenvalue weighted by atomic mass is 10.0. The van der Waals surface area contributed by atoms with Crippen LogP contribution in [0.25, 0.3) is 0 Å². The molecule has 1 atom stereocenters. The molecular weight excluding hydrogens is 248 g/mol. The molecule has 0 amide bonds. The third kappa shape index (κ3) is 2.78. The lowest BCUT2D eigenvalue weighted by Crippen LogP contribution is -2.18. The zero-order valence-corrected chi connectivity index (χ0v) is 12.3. The van der Waals surface area contributed by atoms with Crippen molar-refractivity contribution in [1.29, 1.82) is 0 Å². The number of aryl methyl sites for hydroxylation is 3. The van der Waals surface area contributed by atoms with E-state index >= 15 is 0 Å². The highest BCUT2D eigenvalue weighted by Crippen LogP contribution is 2.25. The van der Waals surface area contributed by atoms with Gasteiger partial charge in [0.05, 0.1) is 12.7 Å². The lowest BCUT2D eigenvalue weighted by Gasteiger charge is -2.14. The quantitative estimate of drug-likeness (QED) is 0.902. The normalized spacial score (nSPS) is 15.3. The maximum Gasteiger partial charge on any atom is 0.208 e. The fourth-order valence-electron chi connectivity index (χ4n) is 2.81. The molecule has 1 aromatic heterocycles. The smallest absolute Gasteiger partial charge is 0.208 e. The Kier molecular flexibility index (Phi) is 3.88. The molecule has 3 nitrogen and oxygen atoms in total. The fraction of sp³-hybridized carbons (Fsp3) is 0.471. The topological polar surface area (TPSA) is 38.1 Å². The van der Waals surface area contributed by atoms with E-state index in [1.54, 1.807) is 0 Å². The van der Waals surface area contributed by atoms with Gasteiger partial charge in [0.1, 0.15) is 5.76 Å². The highest BCUT2D eigenvalue weighted by atomic mass is 16.4. The number of hydrogen-bond donors (Lipinski definition) is 1. The Balaban J connectivity index is 1.62. The fourth-order valence-corrected chi connectivity index (χ4v) is 2.81. The van der Waals surface area contributed by atoms with Crippen LogP contribution < -0.4 is 5.32 Å². The van der Waals surface area contributed by atoms with Gasteiger partial charge in [-0.15, -0.1) is 0 Å². The summed E-state index contributed by atoms with van der Waals surface area (Å²) in [4.78, 5) is 4.28. The number of hydrogen-bond acceptors (Lipinski definition) is 3. The van der Waals surface area contributed by atoms with Gasteiger partial charge in [-0.1, -0.05) is 25.1 Å². The van der Waals surface area contributed by atoms with Gasteiger partial charge in [-0.3, -0.25) is 0 Å². The summed E-state index contributed by atoms with van der Waals surface area (Å²) in [6, 6.07) is 7.20. The number of aromatic nitrogens is 1. The summed E-state index contributed by atoms with van der Waals surface area (Å²) >= 11 is 0. The van der Waals surface area contributed by atoms with Crippen LogP contribution >= 0.6 is 0 Å². The highest BCUT2D eigenvalue weighted by Gasteiger charge is 2.13. The summed E-state index contributed by atoms with van der Waals surface area (Å²) in [5.74, 6) is 1.72. The van der Waals surface area contributed by atoms with Gasteiger partial charge in [-0.2, -0.15) is 0 Å². The van der Waals surface area contributed by atoms with Crippen LogP contribution in [0.4, 0.5) is 0 Å². The van der Waals surface area contributed by atoms with Gasteiger partial charge in [0.2, 0.25) is 5.89 Å². The zero-order chi connectivity index (χ0) is 13.9. The van der Waals surface area contributed by atoms with E-state index in [1.807, 2.05) is 6.20 Å². The van der Waals surface area contributed by atoms with Gasteiger partial charge < -0.3 is 9.73 Å². The molecule has 1 heterocycles. The number of rotatable bonds is 5. The summed E-state index contributed by atoms with van der Waals surface area (Å²) in [7, 11) is 0. The first-order valence-electron chi connectivity index (χ1n) is 7.55. The molecule has 0 saturated carbocycles. The maximum atomic E-state index is 5.62. The van der Waals surface area contributed by atoms with E-state index in [4.69, 9.17) is 4.42 Å². The second-order valence-corrected chi connectivity index (χ2v) is 5.56. The van der Waals surface area contributed by atoms with Crippen molar-refractivity contribution in [3.63, 3.8) is 0 Å². The molecule has 0 radical (unpaired) electrons. The molecule has 0 fully saturated rings. The Morgan fingerprint density at radius 2 is 2.15 bits per heavy atom. The van der Waals surface area contributed by atoms with Crippen molar-refractivity contribution in [1.82, 2.24) is 10.3 Å². The van der Waals surface area contributed by atoms with E-state index in [9.17, 15) is 0 Å². The van der Waals surface area contributed by atoms with Gasteiger partial charge >= 0.3 is 0 Å². The minimum atomic E-state index is 0.317. The molecule has 20 heavy (non-hydrogen) atoms. The number of nitrogens with zero attached hydrogens (tertiary/aromatic N) is 1. The minimum absolute atomic E-state index is 0.317. The number of oxazole rings is 1. The van der Waals surface area contributed by atoms with Crippen LogP contribution in [0.1, 0.15) is 54.7 Å². The van der Waals surface area contributed by atoms with Crippen LogP contribution in [-0.4, -0.2) is 4.98 Å². The van der Waals surface area contributed by atoms with Crippen molar-refractivity contribution in [2.24, 2.45) is 0 Å². The van der Waals surface area contributed by atoms with Crippen molar-refractivity contribution in [3.05, 3.63) is 52.7 Å². The summed E-state index contributed by atoms with van der Waals surface area (Å²) in [6.07, 6.45) is 6.49.